The molecule has 0 N–H and O–H groups in total. The molecule has 4 heteroatoms. The van der Waals surface area contributed by atoms with Crippen LogP contribution in [-0.4, -0.2) is 22.6 Å². The average molecular weight is 205 g/mol. The summed E-state index contributed by atoms with van der Waals surface area (Å²) in [7, 11) is 0. The minimum absolute atomic E-state index is 0.0819. The van der Waals surface area contributed by atoms with Crippen LogP contribution in [0.15, 0.2) is 10.9 Å². The highest BCUT2D eigenvalue weighted by atomic mass is 16.1. The van der Waals surface area contributed by atoms with E-state index in [2.05, 4.69) is 9.88 Å². The highest BCUT2D eigenvalue weighted by molar-refractivity contribution is 5.42. The maximum absolute atomic E-state index is 11.7. The molecule has 80 valence electrons. The number of hydrogen-bond acceptors (Lipinski definition) is 3. The molecule has 2 bridgehead atoms. The zero-order valence-corrected chi connectivity index (χ0v) is 8.94. The van der Waals surface area contributed by atoms with Gasteiger partial charge in [0.25, 0.3) is 0 Å². The molecule has 3 rings (SSSR count). The van der Waals surface area contributed by atoms with Crippen molar-refractivity contribution in [3.8, 4) is 0 Å². The molecule has 3 heterocycles. The number of anilines is 1. The molecule has 0 amide bonds. The lowest BCUT2D eigenvalue weighted by atomic mass is 9.96. The van der Waals surface area contributed by atoms with E-state index < -0.39 is 0 Å². The van der Waals surface area contributed by atoms with Gasteiger partial charge in [-0.2, -0.15) is 4.98 Å². The van der Waals surface area contributed by atoms with Gasteiger partial charge in [0.2, 0.25) is 0 Å². The monoisotopic (exact) mass is 205 g/mol. The van der Waals surface area contributed by atoms with Crippen molar-refractivity contribution in [2.45, 2.75) is 26.3 Å². The first-order valence-electron chi connectivity index (χ1n) is 5.57. The number of aromatic nitrogens is 2. The van der Waals surface area contributed by atoms with Gasteiger partial charge in [0.05, 0.1) is 0 Å². The molecule has 1 unspecified atom stereocenters. The van der Waals surface area contributed by atoms with Crippen molar-refractivity contribution in [1.82, 2.24) is 9.55 Å². The largest absolute Gasteiger partial charge is 0.357 e. The summed E-state index contributed by atoms with van der Waals surface area (Å²) in [5.41, 5.74) is 0.747. The van der Waals surface area contributed by atoms with Gasteiger partial charge in [-0.3, -0.25) is 4.57 Å². The van der Waals surface area contributed by atoms with Crippen LogP contribution < -0.4 is 10.6 Å². The lowest BCUT2D eigenvalue weighted by Gasteiger charge is -2.40. The van der Waals surface area contributed by atoms with Gasteiger partial charge in [-0.25, -0.2) is 4.79 Å². The van der Waals surface area contributed by atoms with Gasteiger partial charge in [-0.1, -0.05) is 0 Å². The van der Waals surface area contributed by atoms with Crippen LogP contribution in [0.3, 0.4) is 0 Å². The fourth-order valence-corrected chi connectivity index (χ4v) is 2.72. The third kappa shape index (κ3) is 1.35. The molecule has 0 aliphatic carbocycles. The Bertz CT molecular complexity index is 452. The Kier molecular flexibility index (Phi) is 1.84. The second-order valence-electron chi connectivity index (χ2n) is 4.60. The van der Waals surface area contributed by atoms with Crippen LogP contribution in [0, 0.1) is 12.8 Å². The average Bonchev–Trinajstić information content (AvgIpc) is 2.21. The highest BCUT2D eigenvalue weighted by Crippen LogP contribution is 2.28. The van der Waals surface area contributed by atoms with Gasteiger partial charge in [0.15, 0.2) is 0 Å². The van der Waals surface area contributed by atoms with Gasteiger partial charge >= 0.3 is 5.69 Å². The highest BCUT2D eigenvalue weighted by Gasteiger charge is 2.28. The maximum Gasteiger partial charge on any atom is 0.349 e. The molecule has 2 aliphatic heterocycles. The van der Waals surface area contributed by atoms with E-state index in [9.17, 15) is 4.79 Å². The Morgan fingerprint density at radius 1 is 1.47 bits per heavy atom. The van der Waals surface area contributed by atoms with Crippen molar-refractivity contribution in [3.63, 3.8) is 0 Å². The summed E-state index contributed by atoms with van der Waals surface area (Å²) < 4.78 is 1.83. The quantitative estimate of drug-likeness (QED) is 0.628. The van der Waals surface area contributed by atoms with Crippen LogP contribution in [0.2, 0.25) is 0 Å². The fourth-order valence-electron chi connectivity index (χ4n) is 2.72. The van der Waals surface area contributed by atoms with E-state index in [1.165, 1.54) is 12.8 Å². The molecule has 1 fully saturated rings. The van der Waals surface area contributed by atoms with E-state index in [1.807, 2.05) is 17.6 Å². The van der Waals surface area contributed by atoms with Crippen LogP contribution >= 0.6 is 0 Å². The molecule has 1 aromatic rings. The standard InChI is InChI=1S/C11H15N3O/c1-8-5-10-13-4-2-3-9(6-13)7-14(10)11(15)12-8/h5,9H,2-4,6-7H2,1H3. The van der Waals surface area contributed by atoms with Gasteiger partial charge in [0.1, 0.15) is 5.82 Å². The van der Waals surface area contributed by atoms with E-state index >= 15 is 0 Å². The van der Waals surface area contributed by atoms with Crippen molar-refractivity contribution < 1.29 is 0 Å². The Hall–Kier alpha value is -1.32. The summed E-state index contributed by atoms with van der Waals surface area (Å²) in [6.45, 7) is 4.94. The molecule has 1 saturated heterocycles. The molecule has 0 radical (unpaired) electrons. The summed E-state index contributed by atoms with van der Waals surface area (Å²) in [5, 5.41) is 0. The first-order chi connectivity index (χ1) is 7.24. The van der Waals surface area contributed by atoms with Crippen molar-refractivity contribution >= 4 is 5.82 Å². The van der Waals surface area contributed by atoms with Gasteiger partial charge < -0.3 is 4.90 Å². The van der Waals surface area contributed by atoms with E-state index in [-0.39, 0.29) is 5.69 Å². The third-order valence-electron chi connectivity index (χ3n) is 3.40. The van der Waals surface area contributed by atoms with Crippen molar-refractivity contribution in [1.29, 1.82) is 0 Å². The predicted octanol–water partition coefficient (Wildman–Crippen LogP) is 0.782. The molecule has 2 aliphatic rings. The number of hydrogen-bond donors (Lipinski definition) is 0. The summed E-state index contributed by atoms with van der Waals surface area (Å²) >= 11 is 0. The van der Waals surface area contributed by atoms with Crippen LogP contribution in [0.5, 0.6) is 0 Å². The smallest absolute Gasteiger partial charge is 0.349 e. The lowest BCUT2D eigenvalue weighted by Crippen LogP contribution is -2.46. The summed E-state index contributed by atoms with van der Waals surface area (Å²) in [6, 6.07) is 2.03. The number of piperidine rings is 1. The minimum atomic E-state index is -0.0819. The first-order valence-corrected chi connectivity index (χ1v) is 5.57. The van der Waals surface area contributed by atoms with Crippen LogP contribution in [0.4, 0.5) is 5.82 Å². The molecule has 0 saturated carbocycles. The first kappa shape index (κ1) is 8.95. The van der Waals surface area contributed by atoms with Crippen LogP contribution in [-0.2, 0) is 6.54 Å². The van der Waals surface area contributed by atoms with E-state index in [4.69, 9.17) is 0 Å². The zero-order valence-electron chi connectivity index (χ0n) is 8.94. The Labute approximate surface area is 88.5 Å². The van der Waals surface area contributed by atoms with Crippen molar-refractivity contribution in [2.24, 2.45) is 5.92 Å². The summed E-state index contributed by atoms with van der Waals surface area (Å²) in [6.07, 6.45) is 2.50. The summed E-state index contributed by atoms with van der Waals surface area (Å²) in [4.78, 5) is 18.1. The Morgan fingerprint density at radius 3 is 3.20 bits per heavy atom. The van der Waals surface area contributed by atoms with E-state index in [0.29, 0.717) is 5.92 Å². The zero-order chi connectivity index (χ0) is 10.4. The second kappa shape index (κ2) is 3.08. The number of aryl methyl sites for hydroxylation is 1. The normalized spacial score (nSPS) is 23.8. The van der Waals surface area contributed by atoms with Gasteiger partial charge in [-0.05, 0) is 25.7 Å². The summed E-state index contributed by atoms with van der Waals surface area (Å²) in [5.74, 6) is 1.72. The molecule has 1 aromatic heterocycles. The topological polar surface area (TPSA) is 38.1 Å². The number of rotatable bonds is 0. The maximum atomic E-state index is 11.7. The number of fused-ring (bicyclic) bond motifs is 4. The van der Waals surface area contributed by atoms with Crippen LogP contribution in [0.25, 0.3) is 0 Å². The van der Waals surface area contributed by atoms with Gasteiger partial charge in [-0.15, -0.1) is 0 Å². The second-order valence-corrected chi connectivity index (χ2v) is 4.60. The van der Waals surface area contributed by atoms with Gasteiger partial charge in [0, 0.05) is 31.4 Å². The van der Waals surface area contributed by atoms with Crippen molar-refractivity contribution in [2.75, 3.05) is 18.0 Å². The molecular weight excluding hydrogens is 190 g/mol. The van der Waals surface area contributed by atoms with E-state index in [0.717, 1.165) is 31.1 Å². The molecule has 0 spiro atoms. The van der Waals surface area contributed by atoms with E-state index in [1.54, 1.807) is 0 Å². The van der Waals surface area contributed by atoms with Crippen molar-refractivity contribution in [3.05, 3.63) is 22.2 Å². The minimum Gasteiger partial charge on any atom is -0.357 e. The SMILES string of the molecule is Cc1cc2n(c(=O)n1)CC1CCCN2C1. The third-order valence-corrected chi connectivity index (χ3v) is 3.40. The Balaban J connectivity index is 2.17. The fraction of sp³-hybridized carbons (Fsp3) is 0.636. The predicted molar refractivity (Wildman–Crippen MR) is 58.2 cm³/mol. The molecule has 15 heavy (non-hydrogen) atoms. The molecular formula is C11H15N3O. The molecule has 4 nitrogen and oxygen atoms in total. The molecule has 1 atom stereocenters. The lowest BCUT2D eigenvalue weighted by molar-refractivity contribution is 0.326. The number of nitrogens with zero attached hydrogens (tertiary/aromatic N) is 3. The molecule has 0 aromatic carbocycles. The Morgan fingerprint density at radius 2 is 2.33 bits per heavy atom. The van der Waals surface area contributed by atoms with Crippen LogP contribution in [0.1, 0.15) is 18.5 Å².